The Morgan fingerprint density at radius 1 is 1.12 bits per heavy atom. The Balaban J connectivity index is 3.14. The SMILES string of the molecule is CCCCCCN(C(=O)CCCC)C(CC(OC(C)=O)C(=N)S/C=C/C(Cc1ccc(N)c(F)c1)CC(C)(C)C)C(C)C. The number of amides is 1. The number of nitrogens with two attached hydrogens (primary N) is 1. The van der Waals surface area contributed by atoms with E-state index in [2.05, 4.69) is 54.5 Å². The molecule has 0 saturated heterocycles. The van der Waals surface area contributed by atoms with Crippen LogP contribution in [0.25, 0.3) is 0 Å². The molecule has 8 heteroatoms. The summed E-state index contributed by atoms with van der Waals surface area (Å²) in [5.41, 5.74) is 6.73. The number of nitrogen functional groups attached to an aromatic ring is 1. The second-order valence-corrected chi connectivity index (χ2v) is 14.2. The third kappa shape index (κ3) is 15.8. The van der Waals surface area contributed by atoms with Crippen LogP contribution in [0.4, 0.5) is 10.1 Å². The molecule has 6 nitrogen and oxygen atoms in total. The van der Waals surface area contributed by atoms with E-state index in [-0.39, 0.29) is 39.9 Å². The summed E-state index contributed by atoms with van der Waals surface area (Å²) < 4.78 is 19.8. The number of allylic oxidation sites excluding steroid dienone is 1. The quantitative estimate of drug-likeness (QED) is 0.0529. The number of ether oxygens (including phenoxy) is 1. The molecule has 0 radical (unpaired) electrons. The highest BCUT2D eigenvalue weighted by molar-refractivity contribution is 8.16. The van der Waals surface area contributed by atoms with Gasteiger partial charge < -0.3 is 15.4 Å². The van der Waals surface area contributed by atoms with Crippen molar-refractivity contribution in [2.45, 2.75) is 132 Å². The number of hydrogen-bond donors (Lipinski definition) is 2. The van der Waals surface area contributed by atoms with Crippen LogP contribution in [-0.4, -0.2) is 40.5 Å². The molecule has 244 valence electrons. The van der Waals surface area contributed by atoms with E-state index in [9.17, 15) is 14.0 Å². The molecular formula is C35H58FN3O3S. The molecule has 3 N–H and O–H groups in total. The third-order valence-corrected chi connectivity index (χ3v) is 8.34. The number of hydrogen-bond acceptors (Lipinski definition) is 6. The lowest BCUT2D eigenvalue weighted by atomic mass is 9.82. The van der Waals surface area contributed by atoms with Crippen LogP contribution in [0, 0.1) is 28.5 Å². The maximum absolute atomic E-state index is 14.1. The van der Waals surface area contributed by atoms with E-state index in [1.165, 1.54) is 24.8 Å². The Bertz CT molecular complexity index is 1040. The van der Waals surface area contributed by atoms with Gasteiger partial charge in [0, 0.05) is 32.4 Å². The van der Waals surface area contributed by atoms with Crippen molar-refractivity contribution < 1.29 is 18.7 Å². The van der Waals surface area contributed by atoms with Gasteiger partial charge in [0.1, 0.15) is 10.9 Å². The Labute approximate surface area is 265 Å². The number of rotatable bonds is 19. The molecule has 3 atom stereocenters. The van der Waals surface area contributed by atoms with Crippen molar-refractivity contribution in [3.05, 3.63) is 41.1 Å². The molecule has 0 aromatic heterocycles. The predicted octanol–water partition coefficient (Wildman–Crippen LogP) is 9.17. The summed E-state index contributed by atoms with van der Waals surface area (Å²) in [6.45, 7) is 17.0. The van der Waals surface area contributed by atoms with Crippen LogP contribution in [0.15, 0.2) is 29.7 Å². The Hall–Kier alpha value is -2.35. The van der Waals surface area contributed by atoms with Crippen molar-refractivity contribution in [2.24, 2.45) is 17.3 Å². The molecular weight excluding hydrogens is 561 g/mol. The number of carbonyl (C=O) groups is 2. The van der Waals surface area contributed by atoms with Crippen LogP contribution >= 0.6 is 11.8 Å². The van der Waals surface area contributed by atoms with Crippen molar-refractivity contribution in [1.29, 1.82) is 5.41 Å². The monoisotopic (exact) mass is 619 g/mol. The van der Waals surface area contributed by atoms with E-state index in [1.54, 1.807) is 6.07 Å². The maximum Gasteiger partial charge on any atom is 0.303 e. The van der Waals surface area contributed by atoms with Gasteiger partial charge >= 0.3 is 5.97 Å². The minimum absolute atomic E-state index is 0.0508. The summed E-state index contributed by atoms with van der Waals surface area (Å²) in [7, 11) is 0. The number of anilines is 1. The number of thioether (sulfide) groups is 1. The largest absolute Gasteiger partial charge is 0.455 e. The molecule has 0 aliphatic heterocycles. The van der Waals surface area contributed by atoms with Crippen LogP contribution in [0.1, 0.15) is 119 Å². The highest BCUT2D eigenvalue weighted by Gasteiger charge is 2.31. The summed E-state index contributed by atoms with van der Waals surface area (Å²) in [6, 6.07) is 4.80. The zero-order valence-corrected chi connectivity index (χ0v) is 28.8. The predicted molar refractivity (Wildman–Crippen MR) is 181 cm³/mol. The van der Waals surface area contributed by atoms with E-state index >= 15 is 0 Å². The first-order valence-electron chi connectivity index (χ1n) is 16.1. The highest BCUT2D eigenvalue weighted by Crippen LogP contribution is 2.30. The van der Waals surface area contributed by atoms with Crippen molar-refractivity contribution in [3.63, 3.8) is 0 Å². The molecule has 43 heavy (non-hydrogen) atoms. The summed E-state index contributed by atoms with van der Waals surface area (Å²) in [4.78, 5) is 27.5. The summed E-state index contributed by atoms with van der Waals surface area (Å²) in [6.07, 6.45) is 9.81. The molecule has 0 aliphatic rings. The van der Waals surface area contributed by atoms with Crippen molar-refractivity contribution in [2.75, 3.05) is 12.3 Å². The molecule has 1 aromatic rings. The topological polar surface area (TPSA) is 96.5 Å². The maximum atomic E-state index is 14.1. The first-order valence-corrected chi connectivity index (χ1v) is 17.0. The summed E-state index contributed by atoms with van der Waals surface area (Å²) in [5, 5.41) is 11.0. The third-order valence-electron chi connectivity index (χ3n) is 7.53. The van der Waals surface area contributed by atoms with Gasteiger partial charge in [0.15, 0.2) is 6.10 Å². The van der Waals surface area contributed by atoms with Crippen LogP contribution in [-0.2, 0) is 20.7 Å². The van der Waals surface area contributed by atoms with Crippen molar-refractivity contribution in [3.8, 4) is 0 Å². The number of benzene rings is 1. The minimum Gasteiger partial charge on any atom is -0.455 e. The molecule has 1 aromatic carbocycles. The van der Waals surface area contributed by atoms with E-state index in [4.69, 9.17) is 15.9 Å². The van der Waals surface area contributed by atoms with Crippen LogP contribution in [0.3, 0.4) is 0 Å². The summed E-state index contributed by atoms with van der Waals surface area (Å²) in [5.74, 6) is -0.455. The number of esters is 1. The fourth-order valence-corrected chi connectivity index (χ4v) is 6.08. The Kier molecular flexibility index (Phi) is 17.8. The van der Waals surface area contributed by atoms with Gasteiger partial charge in [-0.1, -0.05) is 98.1 Å². The lowest BCUT2D eigenvalue weighted by Crippen LogP contribution is -2.46. The van der Waals surface area contributed by atoms with Gasteiger partial charge in [-0.2, -0.15) is 0 Å². The van der Waals surface area contributed by atoms with Gasteiger partial charge in [-0.15, -0.1) is 0 Å². The van der Waals surface area contributed by atoms with Crippen LogP contribution < -0.4 is 5.73 Å². The van der Waals surface area contributed by atoms with Gasteiger partial charge in [-0.05, 0) is 66.0 Å². The van der Waals surface area contributed by atoms with Gasteiger partial charge in [-0.3, -0.25) is 15.0 Å². The molecule has 1 amide bonds. The lowest BCUT2D eigenvalue weighted by molar-refractivity contribution is -0.144. The average molecular weight is 620 g/mol. The highest BCUT2D eigenvalue weighted by atomic mass is 32.2. The number of nitrogens with zero attached hydrogens (tertiary/aromatic N) is 1. The van der Waals surface area contributed by atoms with Gasteiger partial charge in [-0.25, -0.2) is 4.39 Å². The average Bonchev–Trinajstić information content (AvgIpc) is 2.90. The van der Waals surface area contributed by atoms with E-state index in [0.29, 0.717) is 25.8 Å². The molecule has 0 saturated carbocycles. The van der Waals surface area contributed by atoms with Gasteiger partial charge in [0.05, 0.1) is 5.69 Å². The molecule has 0 aliphatic carbocycles. The van der Waals surface area contributed by atoms with Crippen LogP contribution in [0.2, 0.25) is 0 Å². The smallest absolute Gasteiger partial charge is 0.303 e. The number of halogens is 1. The van der Waals surface area contributed by atoms with Crippen molar-refractivity contribution in [1.82, 2.24) is 4.90 Å². The normalized spacial score (nSPS) is 14.1. The molecule has 0 spiro atoms. The minimum atomic E-state index is -0.746. The zero-order chi connectivity index (χ0) is 32.6. The number of unbranched alkanes of at least 4 members (excludes halogenated alkanes) is 4. The Morgan fingerprint density at radius 2 is 1.79 bits per heavy atom. The van der Waals surface area contributed by atoms with E-state index < -0.39 is 17.9 Å². The zero-order valence-electron chi connectivity index (χ0n) is 28.0. The first-order chi connectivity index (χ1) is 20.2. The molecule has 3 unspecified atom stereocenters. The fraction of sp³-hybridized carbons (Fsp3) is 0.686. The standard InChI is InChI=1S/C35H58FN3O3S/c1-9-11-13-14-19-39(33(41)15-12-10-2)31(25(3)4)23-32(42-26(5)40)34(38)43-20-18-28(24-35(6,7)8)21-27-16-17-30(37)29(36)22-27/h16-18,20,22,25,28,31-32,38H,9-15,19,21,23-24,37H2,1-8H3/b20-18+,38-34?. The number of carbonyl (C=O) groups excluding carboxylic acids is 2. The fourth-order valence-electron chi connectivity index (χ4n) is 5.34. The van der Waals surface area contributed by atoms with Gasteiger partial charge in [0.25, 0.3) is 0 Å². The van der Waals surface area contributed by atoms with Crippen LogP contribution in [0.5, 0.6) is 0 Å². The molecule has 0 heterocycles. The molecule has 0 fully saturated rings. The number of nitrogens with one attached hydrogen (secondary N) is 1. The second-order valence-electron chi connectivity index (χ2n) is 13.3. The van der Waals surface area contributed by atoms with E-state index in [0.717, 1.165) is 50.5 Å². The molecule has 0 bridgehead atoms. The van der Waals surface area contributed by atoms with E-state index in [1.807, 2.05) is 16.4 Å². The second kappa shape index (κ2) is 19.8. The molecule has 1 rings (SSSR count). The summed E-state index contributed by atoms with van der Waals surface area (Å²) >= 11 is 1.24. The van der Waals surface area contributed by atoms with Gasteiger partial charge in [0.2, 0.25) is 5.91 Å². The lowest BCUT2D eigenvalue weighted by Gasteiger charge is -2.37. The van der Waals surface area contributed by atoms with Crippen molar-refractivity contribution >= 4 is 34.4 Å². The first kappa shape index (κ1) is 38.7. The Morgan fingerprint density at radius 3 is 2.35 bits per heavy atom.